The number of oxazole rings is 1. The summed E-state index contributed by atoms with van der Waals surface area (Å²) in [6.45, 7) is 3.89. The van der Waals surface area contributed by atoms with Crippen LogP contribution in [0, 0.1) is 13.8 Å². The van der Waals surface area contributed by atoms with Crippen molar-refractivity contribution in [2.45, 2.75) is 25.3 Å². The Morgan fingerprint density at radius 2 is 2.05 bits per heavy atom. The van der Waals surface area contributed by atoms with E-state index in [1.54, 1.807) is 12.1 Å². The number of carbonyl (C=O) groups is 1. The summed E-state index contributed by atoms with van der Waals surface area (Å²) in [5.74, 6) is 0.919. The van der Waals surface area contributed by atoms with Crippen LogP contribution < -0.4 is 5.32 Å². The van der Waals surface area contributed by atoms with Crippen molar-refractivity contribution in [1.29, 1.82) is 0 Å². The SMILES string of the molecule is CSc1cc(C(=O)NCc2nc(C)c(C)o2)c(Cl)cc1Cl. The number of hydrogen-bond donors (Lipinski definition) is 1. The third kappa shape index (κ3) is 3.73. The van der Waals surface area contributed by atoms with Crippen molar-refractivity contribution in [2.24, 2.45) is 0 Å². The number of carbonyl (C=O) groups excluding carboxylic acids is 1. The molecule has 1 aromatic heterocycles. The van der Waals surface area contributed by atoms with E-state index in [0.717, 1.165) is 16.3 Å². The maximum atomic E-state index is 12.2. The van der Waals surface area contributed by atoms with E-state index < -0.39 is 0 Å². The Kier molecular flexibility index (Phi) is 5.19. The lowest BCUT2D eigenvalue weighted by Gasteiger charge is -2.08. The fourth-order valence-corrected chi connectivity index (χ4v) is 2.92. The summed E-state index contributed by atoms with van der Waals surface area (Å²) in [5, 5.41) is 3.58. The number of aryl methyl sites for hydroxylation is 2. The van der Waals surface area contributed by atoms with Crippen LogP contribution in [0.25, 0.3) is 0 Å². The van der Waals surface area contributed by atoms with E-state index >= 15 is 0 Å². The van der Waals surface area contributed by atoms with Crippen LogP contribution >= 0.6 is 35.0 Å². The summed E-state index contributed by atoms with van der Waals surface area (Å²) in [7, 11) is 0. The van der Waals surface area contributed by atoms with Crippen LogP contribution in [-0.4, -0.2) is 17.1 Å². The summed E-state index contributed by atoms with van der Waals surface area (Å²) in [5.41, 5.74) is 1.19. The number of benzene rings is 1. The number of rotatable bonds is 4. The Morgan fingerprint density at radius 3 is 2.62 bits per heavy atom. The molecule has 0 bridgehead atoms. The largest absolute Gasteiger partial charge is 0.444 e. The Labute approximate surface area is 137 Å². The van der Waals surface area contributed by atoms with Crippen LogP contribution in [-0.2, 0) is 6.54 Å². The second-order valence-corrected chi connectivity index (χ2v) is 6.06. The van der Waals surface area contributed by atoms with Gasteiger partial charge in [-0.25, -0.2) is 4.98 Å². The van der Waals surface area contributed by atoms with Gasteiger partial charge in [0.05, 0.1) is 27.8 Å². The molecule has 1 aromatic carbocycles. The van der Waals surface area contributed by atoms with Gasteiger partial charge in [-0.15, -0.1) is 11.8 Å². The van der Waals surface area contributed by atoms with Gasteiger partial charge >= 0.3 is 0 Å². The second kappa shape index (κ2) is 6.73. The number of thioether (sulfide) groups is 1. The molecule has 0 aliphatic heterocycles. The topological polar surface area (TPSA) is 55.1 Å². The summed E-state index contributed by atoms with van der Waals surface area (Å²) < 4.78 is 5.41. The molecule has 1 amide bonds. The van der Waals surface area contributed by atoms with E-state index in [4.69, 9.17) is 27.6 Å². The molecule has 21 heavy (non-hydrogen) atoms. The van der Waals surface area contributed by atoms with Gasteiger partial charge in [0.2, 0.25) is 5.89 Å². The quantitative estimate of drug-likeness (QED) is 0.842. The van der Waals surface area contributed by atoms with E-state index in [1.165, 1.54) is 11.8 Å². The molecular formula is C14H14Cl2N2O2S. The molecular weight excluding hydrogens is 331 g/mol. The summed E-state index contributed by atoms with van der Waals surface area (Å²) >= 11 is 13.6. The van der Waals surface area contributed by atoms with Crippen molar-refractivity contribution in [3.05, 3.63) is 45.1 Å². The molecule has 0 saturated carbocycles. The molecule has 7 heteroatoms. The minimum atomic E-state index is -0.291. The lowest BCUT2D eigenvalue weighted by Crippen LogP contribution is -2.23. The maximum absolute atomic E-state index is 12.2. The minimum Gasteiger partial charge on any atom is -0.444 e. The molecule has 1 N–H and O–H groups in total. The number of amides is 1. The first-order valence-electron chi connectivity index (χ1n) is 6.16. The van der Waals surface area contributed by atoms with E-state index in [-0.39, 0.29) is 12.5 Å². The van der Waals surface area contributed by atoms with Crippen LogP contribution in [0.15, 0.2) is 21.4 Å². The van der Waals surface area contributed by atoms with Crippen molar-refractivity contribution in [1.82, 2.24) is 10.3 Å². The van der Waals surface area contributed by atoms with Crippen molar-refractivity contribution in [3.8, 4) is 0 Å². The number of nitrogens with zero attached hydrogens (tertiary/aromatic N) is 1. The van der Waals surface area contributed by atoms with Gasteiger partial charge < -0.3 is 9.73 Å². The van der Waals surface area contributed by atoms with Crippen LogP contribution in [0.4, 0.5) is 0 Å². The monoisotopic (exact) mass is 344 g/mol. The second-order valence-electron chi connectivity index (χ2n) is 4.40. The van der Waals surface area contributed by atoms with Gasteiger partial charge in [0.25, 0.3) is 5.91 Å². The van der Waals surface area contributed by atoms with Crippen molar-refractivity contribution in [2.75, 3.05) is 6.26 Å². The highest BCUT2D eigenvalue weighted by Gasteiger charge is 2.15. The molecule has 1 heterocycles. The zero-order valence-corrected chi connectivity index (χ0v) is 14.1. The fourth-order valence-electron chi connectivity index (χ4n) is 1.73. The molecule has 0 atom stereocenters. The molecule has 4 nitrogen and oxygen atoms in total. The van der Waals surface area contributed by atoms with E-state index in [9.17, 15) is 4.79 Å². The summed E-state index contributed by atoms with van der Waals surface area (Å²) in [6.07, 6.45) is 1.88. The van der Waals surface area contributed by atoms with Crippen LogP contribution in [0.2, 0.25) is 10.0 Å². The lowest BCUT2D eigenvalue weighted by molar-refractivity contribution is 0.0947. The van der Waals surface area contributed by atoms with Crippen LogP contribution in [0.1, 0.15) is 27.7 Å². The maximum Gasteiger partial charge on any atom is 0.253 e. The lowest BCUT2D eigenvalue weighted by atomic mass is 10.2. The fraction of sp³-hybridized carbons (Fsp3) is 0.286. The Bertz CT molecular complexity index is 666. The zero-order chi connectivity index (χ0) is 15.6. The van der Waals surface area contributed by atoms with E-state index in [0.29, 0.717) is 21.5 Å². The average Bonchev–Trinajstić information content (AvgIpc) is 2.75. The highest BCUT2D eigenvalue weighted by molar-refractivity contribution is 7.98. The zero-order valence-electron chi connectivity index (χ0n) is 11.8. The van der Waals surface area contributed by atoms with Gasteiger partial charge in [-0.3, -0.25) is 4.79 Å². The van der Waals surface area contributed by atoms with Gasteiger partial charge in [-0.05, 0) is 32.2 Å². The molecule has 0 fully saturated rings. The van der Waals surface area contributed by atoms with E-state index in [1.807, 2.05) is 20.1 Å². The highest BCUT2D eigenvalue weighted by atomic mass is 35.5. The van der Waals surface area contributed by atoms with Crippen molar-refractivity contribution >= 4 is 40.9 Å². The first-order chi connectivity index (χ1) is 9.92. The first-order valence-corrected chi connectivity index (χ1v) is 8.14. The number of halogens is 2. The third-order valence-electron chi connectivity index (χ3n) is 2.96. The molecule has 0 radical (unpaired) electrons. The normalized spacial score (nSPS) is 10.7. The highest BCUT2D eigenvalue weighted by Crippen LogP contribution is 2.31. The van der Waals surface area contributed by atoms with Crippen molar-refractivity contribution < 1.29 is 9.21 Å². The smallest absolute Gasteiger partial charge is 0.253 e. The number of hydrogen-bond acceptors (Lipinski definition) is 4. The Balaban J connectivity index is 2.13. The van der Waals surface area contributed by atoms with Gasteiger partial charge in [0.1, 0.15) is 5.76 Å². The standard InChI is InChI=1S/C14H14Cl2N2O2S/c1-7-8(2)20-13(18-7)6-17-14(19)9-4-12(21-3)11(16)5-10(9)15/h4-5H,6H2,1-3H3,(H,17,19). The molecule has 0 aliphatic carbocycles. The average molecular weight is 345 g/mol. The first kappa shape index (κ1) is 16.2. The van der Waals surface area contributed by atoms with Crippen molar-refractivity contribution in [3.63, 3.8) is 0 Å². The Morgan fingerprint density at radius 1 is 1.33 bits per heavy atom. The number of aromatic nitrogens is 1. The van der Waals surface area contributed by atoms with Gasteiger partial charge in [-0.1, -0.05) is 23.2 Å². The summed E-state index contributed by atoms with van der Waals surface area (Å²) in [4.78, 5) is 17.2. The molecule has 2 rings (SSSR count). The van der Waals surface area contributed by atoms with Gasteiger partial charge in [0.15, 0.2) is 0 Å². The van der Waals surface area contributed by atoms with Gasteiger partial charge in [0, 0.05) is 4.90 Å². The Hall–Kier alpha value is -1.17. The predicted octanol–water partition coefficient (Wildman–Crippen LogP) is 4.25. The predicted molar refractivity (Wildman–Crippen MR) is 85.4 cm³/mol. The molecule has 0 unspecified atom stereocenters. The number of nitrogens with one attached hydrogen (secondary N) is 1. The molecule has 112 valence electrons. The molecule has 0 aliphatic rings. The molecule has 0 saturated heterocycles. The van der Waals surface area contributed by atoms with Gasteiger partial charge in [-0.2, -0.15) is 0 Å². The van der Waals surface area contributed by atoms with E-state index in [2.05, 4.69) is 10.3 Å². The van der Waals surface area contributed by atoms with Crippen LogP contribution in [0.5, 0.6) is 0 Å². The molecule has 2 aromatic rings. The minimum absolute atomic E-state index is 0.209. The third-order valence-corrected chi connectivity index (χ3v) is 4.47. The summed E-state index contributed by atoms with van der Waals surface area (Å²) in [6, 6.07) is 3.25. The van der Waals surface area contributed by atoms with Crippen LogP contribution in [0.3, 0.4) is 0 Å². The molecule has 0 spiro atoms.